The van der Waals surface area contributed by atoms with Gasteiger partial charge in [-0.3, -0.25) is 0 Å². The van der Waals surface area contributed by atoms with Gasteiger partial charge >= 0.3 is 5.97 Å². The lowest BCUT2D eigenvalue weighted by Gasteiger charge is -2.10. The Kier molecular flexibility index (Phi) is 4.72. The highest BCUT2D eigenvalue weighted by molar-refractivity contribution is 6.33. The quantitative estimate of drug-likeness (QED) is 0.555. The van der Waals surface area contributed by atoms with E-state index in [0.29, 0.717) is 22.2 Å². The highest BCUT2D eigenvalue weighted by Gasteiger charge is 2.20. The summed E-state index contributed by atoms with van der Waals surface area (Å²) in [6.45, 7) is 3.65. The molecule has 1 unspecified atom stereocenters. The van der Waals surface area contributed by atoms with E-state index in [1.807, 2.05) is 31.2 Å². The molecule has 0 aliphatic carbocycles. The Labute approximate surface area is 149 Å². The SMILES string of the molecule is Cc1ccc(-c2nnc(C(C)OC(=O)c3ccc(Cl)c(N)c3)o2)cc1. The van der Waals surface area contributed by atoms with Gasteiger partial charge in [0.1, 0.15) is 0 Å². The molecule has 0 aliphatic rings. The third-order valence-corrected chi connectivity index (χ3v) is 3.95. The van der Waals surface area contributed by atoms with Crippen LogP contribution in [0.25, 0.3) is 11.5 Å². The van der Waals surface area contributed by atoms with E-state index in [0.717, 1.165) is 11.1 Å². The number of carbonyl (C=O) groups is 1. The van der Waals surface area contributed by atoms with Crippen LogP contribution in [0, 0.1) is 6.92 Å². The van der Waals surface area contributed by atoms with Gasteiger partial charge in [0.15, 0.2) is 6.10 Å². The van der Waals surface area contributed by atoms with Gasteiger partial charge < -0.3 is 14.9 Å². The second-order valence-corrected chi connectivity index (χ2v) is 6.00. The van der Waals surface area contributed by atoms with Gasteiger partial charge in [-0.1, -0.05) is 29.3 Å². The van der Waals surface area contributed by atoms with Crippen LogP contribution in [-0.2, 0) is 4.74 Å². The molecule has 0 radical (unpaired) electrons. The van der Waals surface area contributed by atoms with E-state index in [2.05, 4.69) is 10.2 Å². The molecule has 0 saturated heterocycles. The van der Waals surface area contributed by atoms with Gasteiger partial charge in [-0.15, -0.1) is 10.2 Å². The maximum absolute atomic E-state index is 12.2. The number of esters is 1. The predicted molar refractivity (Wildman–Crippen MR) is 94.2 cm³/mol. The number of aryl methyl sites for hydroxylation is 1. The Morgan fingerprint density at radius 1 is 1.20 bits per heavy atom. The number of aromatic nitrogens is 2. The molecular weight excluding hydrogens is 342 g/mol. The summed E-state index contributed by atoms with van der Waals surface area (Å²) in [7, 11) is 0. The summed E-state index contributed by atoms with van der Waals surface area (Å²) in [5.41, 5.74) is 8.24. The molecule has 3 rings (SSSR count). The van der Waals surface area contributed by atoms with Gasteiger partial charge in [0, 0.05) is 5.56 Å². The van der Waals surface area contributed by atoms with Crippen molar-refractivity contribution in [2.24, 2.45) is 0 Å². The van der Waals surface area contributed by atoms with Gasteiger partial charge in [-0.05, 0) is 44.2 Å². The van der Waals surface area contributed by atoms with Crippen LogP contribution in [0.3, 0.4) is 0 Å². The zero-order valence-corrected chi connectivity index (χ0v) is 14.4. The van der Waals surface area contributed by atoms with Gasteiger partial charge in [-0.25, -0.2) is 4.79 Å². The third-order valence-electron chi connectivity index (χ3n) is 3.60. The van der Waals surface area contributed by atoms with Gasteiger partial charge in [0.05, 0.1) is 16.3 Å². The number of nitrogens with zero attached hydrogens (tertiary/aromatic N) is 2. The lowest BCUT2D eigenvalue weighted by atomic mass is 10.1. The normalized spacial score (nSPS) is 12.0. The molecule has 0 amide bonds. The zero-order chi connectivity index (χ0) is 18.0. The number of rotatable bonds is 4. The van der Waals surface area contributed by atoms with Crippen molar-refractivity contribution in [3.05, 3.63) is 64.5 Å². The van der Waals surface area contributed by atoms with E-state index in [9.17, 15) is 4.79 Å². The number of hydrogen-bond donors (Lipinski definition) is 1. The fourth-order valence-electron chi connectivity index (χ4n) is 2.16. The fourth-order valence-corrected chi connectivity index (χ4v) is 2.28. The van der Waals surface area contributed by atoms with E-state index < -0.39 is 12.1 Å². The first kappa shape index (κ1) is 17.0. The van der Waals surface area contributed by atoms with Crippen molar-refractivity contribution in [2.75, 3.05) is 5.73 Å². The van der Waals surface area contributed by atoms with Crippen LogP contribution in [-0.4, -0.2) is 16.2 Å². The largest absolute Gasteiger partial charge is 0.449 e. The average molecular weight is 358 g/mol. The summed E-state index contributed by atoms with van der Waals surface area (Å²) in [4.78, 5) is 12.2. The monoisotopic (exact) mass is 357 g/mol. The van der Waals surface area contributed by atoms with Crippen molar-refractivity contribution < 1.29 is 13.9 Å². The van der Waals surface area contributed by atoms with Crippen molar-refractivity contribution in [2.45, 2.75) is 20.0 Å². The Morgan fingerprint density at radius 2 is 1.92 bits per heavy atom. The number of ether oxygens (including phenoxy) is 1. The molecule has 0 spiro atoms. The molecule has 6 nitrogen and oxygen atoms in total. The molecule has 1 heterocycles. The lowest BCUT2D eigenvalue weighted by molar-refractivity contribution is 0.0280. The molecule has 2 N–H and O–H groups in total. The Hall–Kier alpha value is -2.86. The standard InChI is InChI=1S/C18H16ClN3O3/c1-10-3-5-12(6-4-10)17-22-21-16(25-17)11(2)24-18(23)13-7-8-14(19)15(20)9-13/h3-9,11H,20H2,1-2H3. The Morgan fingerprint density at radius 3 is 2.60 bits per heavy atom. The summed E-state index contributed by atoms with van der Waals surface area (Å²) in [5, 5.41) is 8.33. The van der Waals surface area contributed by atoms with Crippen LogP contribution in [0.4, 0.5) is 5.69 Å². The van der Waals surface area contributed by atoms with Crippen LogP contribution in [0.1, 0.15) is 34.8 Å². The molecule has 3 aromatic rings. The molecule has 128 valence electrons. The van der Waals surface area contributed by atoms with E-state index >= 15 is 0 Å². The lowest BCUT2D eigenvalue weighted by Crippen LogP contribution is -2.10. The number of benzene rings is 2. The number of carbonyl (C=O) groups excluding carboxylic acids is 1. The molecule has 0 fully saturated rings. The molecule has 0 bridgehead atoms. The van der Waals surface area contributed by atoms with E-state index in [-0.39, 0.29) is 5.89 Å². The van der Waals surface area contributed by atoms with Crippen molar-refractivity contribution in [1.29, 1.82) is 0 Å². The van der Waals surface area contributed by atoms with Crippen LogP contribution in [0.15, 0.2) is 46.9 Å². The van der Waals surface area contributed by atoms with Crippen molar-refractivity contribution in [1.82, 2.24) is 10.2 Å². The molecule has 1 aromatic heterocycles. The molecule has 0 saturated carbocycles. The van der Waals surface area contributed by atoms with E-state index in [4.69, 9.17) is 26.5 Å². The maximum atomic E-state index is 12.2. The minimum Gasteiger partial charge on any atom is -0.449 e. The van der Waals surface area contributed by atoms with Gasteiger partial charge in [0.2, 0.25) is 5.89 Å². The van der Waals surface area contributed by atoms with Gasteiger partial charge in [-0.2, -0.15) is 0 Å². The van der Waals surface area contributed by atoms with Gasteiger partial charge in [0.25, 0.3) is 5.89 Å². The van der Waals surface area contributed by atoms with E-state index in [1.54, 1.807) is 19.1 Å². The number of nitrogen functional groups attached to an aromatic ring is 1. The number of hydrogen-bond acceptors (Lipinski definition) is 6. The maximum Gasteiger partial charge on any atom is 0.338 e. The Balaban J connectivity index is 1.73. The number of anilines is 1. The molecule has 1 atom stereocenters. The topological polar surface area (TPSA) is 91.2 Å². The molecule has 2 aromatic carbocycles. The summed E-state index contributed by atoms with van der Waals surface area (Å²) >= 11 is 5.85. The molecule has 0 aliphatic heterocycles. The Bertz CT molecular complexity index is 906. The van der Waals surface area contributed by atoms with Crippen LogP contribution >= 0.6 is 11.6 Å². The van der Waals surface area contributed by atoms with Crippen molar-refractivity contribution >= 4 is 23.3 Å². The van der Waals surface area contributed by atoms with E-state index in [1.165, 1.54) is 6.07 Å². The summed E-state index contributed by atoms with van der Waals surface area (Å²) in [6, 6.07) is 12.2. The van der Waals surface area contributed by atoms with Crippen molar-refractivity contribution in [3.63, 3.8) is 0 Å². The molecule has 7 heteroatoms. The minimum atomic E-state index is -0.698. The highest BCUT2D eigenvalue weighted by atomic mass is 35.5. The fraction of sp³-hybridized carbons (Fsp3) is 0.167. The summed E-state index contributed by atoms with van der Waals surface area (Å²) in [6.07, 6.45) is -0.698. The zero-order valence-electron chi connectivity index (χ0n) is 13.7. The third kappa shape index (κ3) is 3.80. The molecule has 25 heavy (non-hydrogen) atoms. The summed E-state index contributed by atoms with van der Waals surface area (Å²) < 4.78 is 11.0. The first-order valence-electron chi connectivity index (χ1n) is 7.60. The first-order chi connectivity index (χ1) is 11.9. The number of nitrogens with two attached hydrogens (primary N) is 1. The van der Waals surface area contributed by atoms with Crippen LogP contribution in [0.2, 0.25) is 5.02 Å². The second-order valence-electron chi connectivity index (χ2n) is 5.60. The smallest absolute Gasteiger partial charge is 0.338 e. The highest BCUT2D eigenvalue weighted by Crippen LogP contribution is 2.25. The summed E-state index contributed by atoms with van der Waals surface area (Å²) in [5.74, 6) is 0.0328. The second kappa shape index (κ2) is 6.94. The predicted octanol–water partition coefficient (Wildman–Crippen LogP) is 4.20. The molecular formula is C18H16ClN3O3. The first-order valence-corrected chi connectivity index (χ1v) is 7.98. The minimum absolute atomic E-state index is 0.214. The van der Waals surface area contributed by atoms with Crippen molar-refractivity contribution in [3.8, 4) is 11.5 Å². The van der Waals surface area contributed by atoms with Crippen LogP contribution < -0.4 is 5.73 Å². The number of halogens is 1. The van der Waals surface area contributed by atoms with Crippen LogP contribution in [0.5, 0.6) is 0 Å². The average Bonchev–Trinajstić information content (AvgIpc) is 3.08.